The molecular weight excluding hydrogens is 456 g/mol. The van der Waals surface area contributed by atoms with Crippen molar-refractivity contribution < 1.29 is 19.5 Å². The first-order valence-electron chi connectivity index (χ1n) is 12.4. The van der Waals surface area contributed by atoms with Crippen molar-refractivity contribution in [3.8, 4) is 0 Å². The van der Waals surface area contributed by atoms with Gasteiger partial charge in [-0.25, -0.2) is 0 Å². The number of nitrogens with one attached hydrogen (secondary N) is 3. The minimum absolute atomic E-state index is 0.247. The molecule has 0 bridgehead atoms. The van der Waals surface area contributed by atoms with E-state index in [-0.39, 0.29) is 5.91 Å². The lowest BCUT2D eigenvalue weighted by Gasteiger charge is -2.13. The van der Waals surface area contributed by atoms with E-state index in [0.29, 0.717) is 22.4 Å². The van der Waals surface area contributed by atoms with Crippen LogP contribution in [0.4, 0.5) is 5.69 Å². The summed E-state index contributed by atoms with van der Waals surface area (Å²) in [4.78, 5) is 42.2. The molecule has 36 heavy (non-hydrogen) atoms. The summed E-state index contributed by atoms with van der Waals surface area (Å²) in [5.41, 5.74) is 5.06. The van der Waals surface area contributed by atoms with E-state index in [1.54, 1.807) is 24.3 Å². The number of carbonyl (C=O) groups excluding carboxylic acids is 2. The summed E-state index contributed by atoms with van der Waals surface area (Å²) in [7, 11) is 0. The molecule has 2 aliphatic rings. The van der Waals surface area contributed by atoms with Crippen molar-refractivity contribution in [3.63, 3.8) is 0 Å². The van der Waals surface area contributed by atoms with E-state index in [2.05, 4.69) is 38.7 Å². The zero-order chi connectivity index (χ0) is 25.2. The molecule has 2 aromatic carbocycles. The molecule has 0 spiro atoms. The van der Waals surface area contributed by atoms with Gasteiger partial charge in [-0.15, -0.1) is 0 Å². The number of hydrogen-bond acceptors (Lipinski definition) is 4. The first-order chi connectivity index (χ1) is 17.4. The molecule has 0 saturated carbocycles. The fourth-order valence-corrected chi connectivity index (χ4v) is 4.92. The molecule has 5 rings (SSSR count). The van der Waals surface area contributed by atoms with Gasteiger partial charge in [-0.3, -0.25) is 14.4 Å². The molecule has 8 heteroatoms. The Kier molecular flexibility index (Phi) is 6.61. The number of anilines is 1. The minimum Gasteiger partial charge on any atom is -0.480 e. The van der Waals surface area contributed by atoms with Gasteiger partial charge in [-0.2, -0.15) is 0 Å². The fourth-order valence-electron chi connectivity index (χ4n) is 4.92. The highest BCUT2D eigenvalue weighted by Gasteiger charge is 2.26. The highest BCUT2D eigenvalue weighted by Crippen LogP contribution is 2.34. The number of aryl methyl sites for hydroxylation is 1. The van der Waals surface area contributed by atoms with Gasteiger partial charge >= 0.3 is 5.97 Å². The number of likely N-dealkylation sites (tertiary alicyclic amines) is 1. The smallest absolute Gasteiger partial charge is 0.325 e. The number of rotatable bonds is 8. The summed E-state index contributed by atoms with van der Waals surface area (Å²) in [5, 5.41) is 15.4. The molecule has 186 valence electrons. The summed E-state index contributed by atoms with van der Waals surface area (Å²) < 4.78 is 0. The predicted molar refractivity (Wildman–Crippen MR) is 140 cm³/mol. The first kappa shape index (κ1) is 23.8. The number of aliphatic carboxylic acids is 1. The van der Waals surface area contributed by atoms with E-state index in [1.807, 2.05) is 6.07 Å². The zero-order valence-corrected chi connectivity index (χ0v) is 20.3. The van der Waals surface area contributed by atoms with Gasteiger partial charge in [-0.05, 0) is 100 Å². The number of aromatic amines is 1. The van der Waals surface area contributed by atoms with Crippen LogP contribution >= 0.6 is 0 Å². The summed E-state index contributed by atoms with van der Waals surface area (Å²) in [6.07, 6.45) is 6.60. The molecule has 0 radical (unpaired) electrons. The average molecular weight is 487 g/mol. The average Bonchev–Trinajstić information content (AvgIpc) is 3.58. The van der Waals surface area contributed by atoms with Crippen molar-refractivity contribution in [2.75, 3.05) is 25.0 Å². The van der Waals surface area contributed by atoms with E-state index in [4.69, 9.17) is 5.11 Å². The number of H-pyrrole nitrogens is 1. The molecule has 8 nitrogen and oxygen atoms in total. The molecule has 0 aliphatic carbocycles. The SMILES string of the molecule is CC(NC(=O)c1ccc2c(c1)/C(=C\c1cc3cc(CCCN4CCCC4)ccc3[nH]1)C(=O)N2)C(=O)O. The van der Waals surface area contributed by atoms with E-state index >= 15 is 0 Å². The topological polar surface area (TPSA) is 115 Å². The minimum atomic E-state index is -1.12. The molecule has 3 aromatic rings. The Morgan fingerprint density at radius 1 is 1.14 bits per heavy atom. The Balaban J connectivity index is 1.34. The van der Waals surface area contributed by atoms with Gasteiger partial charge in [0.1, 0.15) is 6.04 Å². The maximum Gasteiger partial charge on any atom is 0.325 e. The van der Waals surface area contributed by atoms with Crippen LogP contribution < -0.4 is 10.6 Å². The monoisotopic (exact) mass is 486 g/mol. The van der Waals surface area contributed by atoms with Gasteiger partial charge in [0, 0.05) is 33.4 Å². The molecule has 1 atom stereocenters. The van der Waals surface area contributed by atoms with Crippen LogP contribution in [0.1, 0.15) is 53.4 Å². The number of carboxylic acid groups (broad SMARTS) is 1. The Morgan fingerprint density at radius 2 is 1.94 bits per heavy atom. The van der Waals surface area contributed by atoms with Crippen molar-refractivity contribution >= 4 is 46.0 Å². The maximum absolute atomic E-state index is 12.7. The first-order valence-corrected chi connectivity index (χ1v) is 12.4. The third kappa shape index (κ3) is 5.04. The van der Waals surface area contributed by atoms with Crippen LogP contribution in [0, 0.1) is 0 Å². The van der Waals surface area contributed by atoms with Gasteiger partial charge < -0.3 is 25.6 Å². The number of aromatic nitrogens is 1. The molecule has 1 saturated heterocycles. The lowest BCUT2D eigenvalue weighted by Crippen LogP contribution is -2.38. The Morgan fingerprint density at radius 3 is 2.72 bits per heavy atom. The van der Waals surface area contributed by atoms with Crippen LogP contribution in [-0.4, -0.2) is 58.5 Å². The van der Waals surface area contributed by atoms with Crippen molar-refractivity contribution in [1.82, 2.24) is 15.2 Å². The third-order valence-electron chi connectivity index (χ3n) is 6.93. The normalized spacial score (nSPS) is 17.4. The quantitative estimate of drug-likeness (QED) is 0.361. The third-order valence-corrected chi connectivity index (χ3v) is 6.93. The van der Waals surface area contributed by atoms with Crippen molar-refractivity contribution in [3.05, 3.63) is 64.8 Å². The summed E-state index contributed by atoms with van der Waals surface area (Å²) in [6, 6.07) is 12.3. The molecule has 3 heterocycles. The molecule has 1 unspecified atom stereocenters. The number of hydrogen-bond donors (Lipinski definition) is 4. The Bertz CT molecular complexity index is 1370. The van der Waals surface area contributed by atoms with Gasteiger partial charge in [0.2, 0.25) is 0 Å². The summed E-state index contributed by atoms with van der Waals surface area (Å²) >= 11 is 0. The highest BCUT2D eigenvalue weighted by atomic mass is 16.4. The highest BCUT2D eigenvalue weighted by molar-refractivity contribution is 6.35. The number of fused-ring (bicyclic) bond motifs is 2. The molecular formula is C28H30N4O4. The molecule has 2 aliphatic heterocycles. The van der Waals surface area contributed by atoms with Crippen LogP contribution in [-0.2, 0) is 16.0 Å². The number of benzene rings is 2. The second kappa shape index (κ2) is 9.99. The van der Waals surface area contributed by atoms with E-state index in [1.165, 1.54) is 38.4 Å². The second-order valence-corrected chi connectivity index (χ2v) is 9.60. The largest absolute Gasteiger partial charge is 0.480 e. The molecule has 1 aromatic heterocycles. The van der Waals surface area contributed by atoms with E-state index in [9.17, 15) is 14.4 Å². The number of amides is 2. The van der Waals surface area contributed by atoms with Crippen molar-refractivity contribution in [1.29, 1.82) is 0 Å². The van der Waals surface area contributed by atoms with Crippen LogP contribution in [0.25, 0.3) is 22.6 Å². The maximum atomic E-state index is 12.7. The van der Waals surface area contributed by atoms with Gasteiger partial charge in [0.25, 0.3) is 11.8 Å². The molecule has 4 N–H and O–H groups in total. The lowest BCUT2D eigenvalue weighted by molar-refractivity contribution is -0.138. The van der Waals surface area contributed by atoms with E-state index < -0.39 is 17.9 Å². The zero-order valence-electron chi connectivity index (χ0n) is 20.3. The standard InChI is InChI=1S/C28H30N4O4/c1-17(28(35)36)29-26(33)19-7-9-25-22(15-19)23(27(34)31-25)16-21-14-20-13-18(6-8-24(20)30-21)5-4-12-32-10-2-3-11-32/h6-9,13-17,30H,2-5,10-12H2,1H3,(H,29,33)(H,31,34)(H,35,36)/b23-16+. The number of carbonyl (C=O) groups is 3. The van der Waals surface area contributed by atoms with Gasteiger partial charge in [-0.1, -0.05) is 6.07 Å². The Hall–Kier alpha value is -3.91. The Labute approximate surface area is 209 Å². The van der Waals surface area contributed by atoms with E-state index in [0.717, 1.165) is 36.0 Å². The van der Waals surface area contributed by atoms with Gasteiger partial charge in [0.15, 0.2) is 0 Å². The number of carboxylic acids is 1. The summed E-state index contributed by atoms with van der Waals surface area (Å²) in [6.45, 7) is 4.99. The van der Waals surface area contributed by atoms with Gasteiger partial charge in [0.05, 0.1) is 5.57 Å². The van der Waals surface area contributed by atoms with Crippen LogP contribution in [0.2, 0.25) is 0 Å². The lowest BCUT2D eigenvalue weighted by atomic mass is 10.0. The fraction of sp³-hybridized carbons (Fsp3) is 0.321. The van der Waals surface area contributed by atoms with Crippen LogP contribution in [0.15, 0.2) is 42.5 Å². The van der Waals surface area contributed by atoms with Crippen molar-refractivity contribution in [2.24, 2.45) is 0 Å². The van der Waals surface area contributed by atoms with Crippen LogP contribution in [0.5, 0.6) is 0 Å². The number of nitrogens with zero attached hydrogens (tertiary/aromatic N) is 1. The molecule has 2 amide bonds. The predicted octanol–water partition coefficient (Wildman–Crippen LogP) is 3.89. The van der Waals surface area contributed by atoms with Crippen molar-refractivity contribution in [2.45, 2.75) is 38.6 Å². The second-order valence-electron chi connectivity index (χ2n) is 9.60. The molecule has 1 fully saturated rings. The van der Waals surface area contributed by atoms with Crippen LogP contribution in [0.3, 0.4) is 0 Å². The summed E-state index contributed by atoms with van der Waals surface area (Å²) in [5.74, 6) is -1.87.